The average molecular weight is 697 g/mol. The zero-order valence-corrected chi connectivity index (χ0v) is 30.2. The molecule has 1 aliphatic carbocycles. The summed E-state index contributed by atoms with van der Waals surface area (Å²) in [6.45, 7) is 5.88. The van der Waals surface area contributed by atoms with E-state index in [0.717, 1.165) is 66.1 Å². The smallest absolute Gasteiger partial charge is 0.135 e. The zero-order valence-electron chi connectivity index (χ0n) is 30.2. The van der Waals surface area contributed by atoms with E-state index in [4.69, 9.17) is 9.41 Å². The van der Waals surface area contributed by atoms with Crippen molar-refractivity contribution in [3.8, 4) is 11.1 Å². The molecule has 7 rings (SSSR count). The van der Waals surface area contributed by atoms with Crippen molar-refractivity contribution in [2.24, 2.45) is 4.99 Å². The Balaban J connectivity index is 1.37. The molecular formula is C51H40N2O. The SMILES string of the molecule is C=C/C=C/C=C\C=C/N=C(/C=C(\C)c1ccc(-c2ccccc2)cc1)C1=C/C=C\C=c2\cccn\c2=C/C=C/C(c2ccc3oc4ccccc4c3c2)=C\1. The lowest BCUT2D eigenvalue weighted by molar-refractivity contribution is 0.669. The van der Waals surface area contributed by atoms with Crippen LogP contribution in [0.5, 0.6) is 0 Å². The fourth-order valence-corrected chi connectivity index (χ4v) is 6.26. The van der Waals surface area contributed by atoms with Gasteiger partial charge in [0.15, 0.2) is 0 Å². The van der Waals surface area contributed by atoms with E-state index in [0.29, 0.717) is 0 Å². The second-order valence-corrected chi connectivity index (χ2v) is 12.7. The molecule has 0 bridgehead atoms. The zero-order chi connectivity index (χ0) is 37.0. The number of fused-ring (bicyclic) bond motifs is 4. The summed E-state index contributed by atoms with van der Waals surface area (Å²) in [5.74, 6) is 0. The molecule has 0 spiro atoms. The predicted molar refractivity (Wildman–Crippen MR) is 231 cm³/mol. The minimum atomic E-state index is 0.819. The van der Waals surface area contributed by atoms with Crippen molar-refractivity contribution in [3.63, 3.8) is 0 Å². The molecule has 0 saturated heterocycles. The molecule has 0 N–H and O–H groups in total. The van der Waals surface area contributed by atoms with Crippen LogP contribution in [-0.4, -0.2) is 10.7 Å². The summed E-state index contributed by atoms with van der Waals surface area (Å²) in [4.78, 5) is 9.70. The molecule has 0 saturated carbocycles. The Morgan fingerprint density at radius 2 is 1.41 bits per heavy atom. The van der Waals surface area contributed by atoms with Crippen LogP contribution in [0.1, 0.15) is 18.1 Å². The normalized spacial score (nSPS) is 18.5. The van der Waals surface area contributed by atoms with Crippen molar-refractivity contribution in [1.82, 2.24) is 4.98 Å². The molecule has 1 aliphatic rings. The molecule has 3 heteroatoms. The number of hydrogen-bond donors (Lipinski definition) is 0. The van der Waals surface area contributed by atoms with Gasteiger partial charge in [0.1, 0.15) is 11.2 Å². The van der Waals surface area contributed by atoms with Gasteiger partial charge < -0.3 is 4.42 Å². The number of allylic oxidation sites excluding steroid dienone is 16. The highest BCUT2D eigenvalue weighted by Crippen LogP contribution is 2.32. The molecule has 0 atom stereocenters. The minimum Gasteiger partial charge on any atom is -0.456 e. The standard InChI is InChI=1S/C51H40N2O/c1-3-4-5-6-7-15-33-53-49(35-38(2)39-27-29-41(30-28-39)40-18-9-8-10-19-40)45-21-12-11-20-42-23-17-34-52-48(42)25-16-22-43(36-45)44-31-32-51-47(37-44)46-24-13-14-26-50(46)54-51/h3-37H,1H2,2H3/b5-4+,7-6-,12-11-,20-11?,21-12?,22-16+,25-16?,33-15-,38-35+,42-20-,43-22?,43-36+,45-21+,45-36?,48-25-,53-49-. The van der Waals surface area contributed by atoms with Gasteiger partial charge in [0.25, 0.3) is 0 Å². The minimum absolute atomic E-state index is 0.819. The fraction of sp³-hybridized carbons (Fsp3) is 0.0196. The maximum Gasteiger partial charge on any atom is 0.135 e. The van der Waals surface area contributed by atoms with Gasteiger partial charge in [0.2, 0.25) is 0 Å². The lowest BCUT2D eigenvalue weighted by Gasteiger charge is -2.10. The molecule has 2 heterocycles. The van der Waals surface area contributed by atoms with Gasteiger partial charge in [-0.15, -0.1) is 0 Å². The van der Waals surface area contributed by atoms with Gasteiger partial charge in [-0.2, -0.15) is 0 Å². The summed E-state index contributed by atoms with van der Waals surface area (Å²) in [5.41, 5.74) is 10.2. The first-order chi connectivity index (χ1) is 26.7. The van der Waals surface area contributed by atoms with Crippen LogP contribution in [0.4, 0.5) is 0 Å². The largest absolute Gasteiger partial charge is 0.456 e. The van der Waals surface area contributed by atoms with E-state index < -0.39 is 0 Å². The maximum atomic E-state index is 6.18. The topological polar surface area (TPSA) is 38.4 Å². The van der Waals surface area contributed by atoms with Crippen LogP contribution in [0.2, 0.25) is 0 Å². The Labute approximate surface area is 316 Å². The van der Waals surface area contributed by atoms with Crippen LogP contribution in [0.25, 0.3) is 56.4 Å². The third-order valence-corrected chi connectivity index (χ3v) is 9.06. The molecule has 2 aromatic heterocycles. The Morgan fingerprint density at radius 3 is 2.28 bits per heavy atom. The van der Waals surface area contributed by atoms with Crippen molar-refractivity contribution in [2.75, 3.05) is 0 Å². The third-order valence-electron chi connectivity index (χ3n) is 9.06. The van der Waals surface area contributed by atoms with Crippen LogP contribution >= 0.6 is 0 Å². The Morgan fingerprint density at radius 1 is 0.667 bits per heavy atom. The number of nitrogens with zero attached hydrogens (tertiary/aromatic N) is 2. The fourth-order valence-electron chi connectivity index (χ4n) is 6.26. The van der Waals surface area contributed by atoms with Gasteiger partial charge in [-0.25, -0.2) is 0 Å². The van der Waals surface area contributed by atoms with Crippen LogP contribution in [0, 0.1) is 0 Å². The van der Waals surface area contributed by atoms with Gasteiger partial charge in [-0.1, -0.05) is 158 Å². The highest BCUT2D eigenvalue weighted by molar-refractivity contribution is 6.15. The van der Waals surface area contributed by atoms with E-state index in [1.807, 2.05) is 73.1 Å². The van der Waals surface area contributed by atoms with Crippen molar-refractivity contribution in [1.29, 1.82) is 0 Å². The molecule has 0 aliphatic heterocycles. The van der Waals surface area contributed by atoms with Crippen molar-refractivity contribution >= 4 is 50.9 Å². The lowest BCUT2D eigenvalue weighted by atomic mass is 9.96. The van der Waals surface area contributed by atoms with E-state index in [9.17, 15) is 0 Å². The van der Waals surface area contributed by atoms with E-state index in [2.05, 4.69) is 152 Å². The third kappa shape index (κ3) is 8.67. The summed E-state index contributed by atoms with van der Waals surface area (Å²) >= 11 is 0. The molecular weight excluding hydrogens is 657 g/mol. The van der Waals surface area contributed by atoms with Gasteiger partial charge >= 0.3 is 0 Å². The average Bonchev–Trinajstić information content (AvgIpc) is 3.59. The first kappa shape index (κ1) is 35.3. The highest BCUT2D eigenvalue weighted by atomic mass is 16.3. The lowest BCUT2D eigenvalue weighted by Crippen LogP contribution is -2.26. The maximum absolute atomic E-state index is 6.18. The van der Waals surface area contributed by atoms with Crippen LogP contribution in [0.15, 0.2) is 222 Å². The van der Waals surface area contributed by atoms with Crippen LogP contribution in [0.3, 0.4) is 0 Å². The Hall–Kier alpha value is -7.10. The summed E-state index contributed by atoms with van der Waals surface area (Å²) in [6, 6.07) is 37.8. The Kier molecular flexibility index (Phi) is 11.4. The first-order valence-electron chi connectivity index (χ1n) is 18.0. The van der Waals surface area contributed by atoms with Crippen molar-refractivity contribution in [2.45, 2.75) is 6.92 Å². The van der Waals surface area contributed by atoms with Gasteiger partial charge in [-0.3, -0.25) is 9.98 Å². The number of para-hydroxylation sites is 1. The van der Waals surface area contributed by atoms with E-state index >= 15 is 0 Å². The molecule has 4 aromatic carbocycles. The number of furan rings is 1. The monoisotopic (exact) mass is 696 g/mol. The predicted octanol–water partition coefficient (Wildman–Crippen LogP) is 11.7. The molecule has 0 radical (unpaired) electrons. The molecule has 0 amide bonds. The highest BCUT2D eigenvalue weighted by Gasteiger charge is 2.11. The molecule has 0 fully saturated rings. The second-order valence-electron chi connectivity index (χ2n) is 12.7. The summed E-state index contributed by atoms with van der Waals surface area (Å²) in [7, 11) is 0. The van der Waals surface area contributed by atoms with Crippen LogP contribution < -0.4 is 10.6 Å². The van der Waals surface area contributed by atoms with Gasteiger partial charge in [-0.05, 0) is 88.9 Å². The summed E-state index contributed by atoms with van der Waals surface area (Å²) in [5, 5.41) is 4.10. The van der Waals surface area contributed by atoms with Gasteiger partial charge in [0, 0.05) is 34.0 Å². The van der Waals surface area contributed by atoms with Crippen molar-refractivity contribution in [3.05, 3.63) is 234 Å². The van der Waals surface area contributed by atoms with E-state index in [1.165, 1.54) is 11.1 Å². The number of aromatic nitrogens is 1. The quantitative estimate of drug-likeness (QED) is 0.111. The van der Waals surface area contributed by atoms with E-state index in [1.54, 1.807) is 6.08 Å². The molecule has 0 unspecified atom stereocenters. The Bertz CT molecular complexity index is 2710. The van der Waals surface area contributed by atoms with Crippen molar-refractivity contribution < 1.29 is 4.42 Å². The number of hydrogen-bond acceptors (Lipinski definition) is 3. The summed E-state index contributed by atoms with van der Waals surface area (Å²) in [6.07, 6.45) is 34.0. The number of aliphatic imine (C=N–C) groups is 1. The second kappa shape index (κ2) is 17.4. The number of benzene rings is 4. The number of pyridine rings is 1. The molecule has 260 valence electrons. The molecule has 3 nitrogen and oxygen atoms in total. The van der Waals surface area contributed by atoms with Crippen LogP contribution in [-0.2, 0) is 0 Å². The first-order valence-corrected chi connectivity index (χ1v) is 18.0. The molecule has 54 heavy (non-hydrogen) atoms. The van der Waals surface area contributed by atoms with E-state index in [-0.39, 0.29) is 0 Å². The summed E-state index contributed by atoms with van der Waals surface area (Å²) < 4.78 is 6.18. The van der Waals surface area contributed by atoms with Gasteiger partial charge in [0.05, 0.1) is 11.1 Å². The number of rotatable bonds is 9. The molecule has 6 aromatic rings.